The molecule has 0 bridgehead atoms. The molecule has 0 aliphatic heterocycles. The summed E-state index contributed by atoms with van der Waals surface area (Å²) in [6.45, 7) is 3.58. The summed E-state index contributed by atoms with van der Waals surface area (Å²) in [6.07, 6.45) is 0.968. The van der Waals surface area contributed by atoms with Gasteiger partial charge in [0.25, 0.3) is 0 Å². The molecule has 0 aromatic heterocycles. The van der Waals surface area contributed by atoms with E-state index in [0.717, 1.165) is 12.0 Å². The first-order chi connectivity index (χ1) is 8.27. The quantitative estimate of drug-likeness (QED) is 0.690. The van der Waals surface area contributed by atoms with E-state index in [0.29, 0.717) is 19.7 Å². The molecule has 4 heteroatoms. The summed E-state index contributed by atoms with van der Waals surface area (Å²) in [7, 11) is 0. The minimum absolute atomic E-state index is 0.0749. The fourth-order valence-electron chi connectivity index (χ4n) is 1.57. The Hall–Kier alpha value is -1.39. The first kappa shape index (κ1) is 13.7. The zero-order valence-corrected chi connectivity index (χ0v) is 10.2. The fourth-order valence-corrected chi connectivity index (χ4v) is 1.57. The summed E-state index contributed by atoms with van der Waals surface area (Å²) in [6, 6.07) is 8.09. The Bertz CT molecular complexity index is 353. The number of hydrogen-bond donors (Lipinski definition) is 2. The van der Waals surface area contributed by atoms with Crippen molar-refractivity contribution >= 4 is 5.91 Å². The van der Waals surface area contributed by atoms with Crippen LogP contribution < -0.4 is 11.1 Å². The van der Waals surface area contributed by atoms with Crippen molar-refractivity contribution in [2.24, 2.45) is 5.73 Å². The number of aryl methyl sites for hydroxylation is 1. The van der Waals surface area contributed by atoms with Crippen molar-refractivity contribution in [3.63, 3.8) is 0 Å². The average molecular weight is 236 g/mol. The van der Waals surface area contributed by atoms with E-state index in [9.17, 15) is 4.79 Å². The van der Waals surface area contributed by atoms with Gasteiger partial charge in [0.15, 0.2) is 0 Å². The first-order valence-corrected chi connectivity index (χ1v) is 5.89. The minimum Gasteiger partial charge on any atom is -0.370 e. The second-order valence-corrected chi connectivity index (χ2v) is 3.74. The Morgan fingerprint density at radius 3 is 2.71 bits per heavy atom. The van der Waals surface area contributed by atoms with Gasteiger partial charge in [-0.2, -0.15) is 0 Å². The standard InChI is InChI=1S/C13H20N2O2/c1-2-11-5-3-4-6-12(11)9-15-13(16)10-17-8-7-14/h3-6H,2,7-10,14H2,1H3,(H,15,16). The molecule has 1 aromatic carbocycles. The van der Waals surface area contributed by atoms with Crippen molar-refractivity contribution < 1.29 is 9.53 Å². The molecule has 0 unspecified atom stereocenters. The van der Waals surface area contributed by atoms with Crippen LogP contribution in [0, 0.1) is 0 Å². The van der Waals surface area contributed by atoms with Gasteiger partial charge in [-0.15, -0.1) is 0 Å². The van der Waals surface area contributed by atoms with Crippen molar-refractivity contribution in [3.05, 3.63) is 35.4 Å². The molecule has 0 fully saturated rings. The third kappa shape index (κ3) is 4.97. The highest BCUT2D eigenvalue weighted by atomic mass is 16.5. The maximum atomic E-state index is 11.4. The second-order valence-electron chi connectivity index (χ2n) is 3.74. The maximum Gasteiger partial charge on any atom is 0.246 e. The molecule has 0 radical (unpaired) electrons. The van der Waals surface area contributed by atoms with Crippen LogP contribution in [0.15, 0.2) is 24.3 Å². The summed E-state index contributed by atoms with van der Waals surface area (Å²) in [5.74, 6) is -0.107. The predicted molar refractivity (Wildman–Crippen MR) is 67.5 cm³/mol. The van der Waals surface area contributed by atoms with Crippen LogP contribution in [0.3, 0.4) is 0 Å². The number of carbonyl (C=O) groups excluding carboxylic acids is 1. The van der Waals surface area contributed by atoms with Crippen LogP contribution >= 0.6 is 0 Å². The minimum atomic E-state index is -0.107. The molecule has 0 aliphatic rings. The largest absolute Gasteiger partial charge is 0.370 e. The van der Waals surface area contributed by atoms with E-state index >= 15 is 0 Å². The predicted octanol–water partition coefficient (Wildman–Crippen LogP) is 0.841. The van der Waals surface area contributed by atoms with Gasteiger partial charge < -0.3 is 15.8 Å². The summed E-state index contributed by atoms with van der Waals surface area (Å²) in [5.41, 5.74) is 7.68. The van der Waals surface area contributed by atoms with Gasteiger partial charge in [-0.1, -0.05) is 31.2 Å². The van der Waals surface area contributed by atoms with Crippen LogP contribution in [0.5, 0.6) is 0 Å². The van der Waals surface area contributed by atoms with Crippen molar-refractivity contribution in [2.75, 3.05) is 19.8 Å². The monoisotopic (exact) mass is 236 g/mol. The summed E-state index contributed by atoms with van der Waals surface area (Å²) in [5, 5.41) is 2.83. The Morgan fingerprint density at radius 1 is 1.35 bits per heavy atom. The van der Waals surface area contributed by atoms with E-state index in [1.807, 2.05) is 18.2 Å². The lowest BCUT2D eigenvalue weighted by Gasteiger charge is -2.09. The molecule has 0 saturated heterocycles. The smallest absolute Gasteiger partial charge is 0.246 e. The molecule has 3 N–H and O–H groups in total. The zero-order chi connectivity index (χ0) is 12.5. The topological polar surface area (TPSA) is 64.3 Å². The molecule has 17 heavy (non-hydrogen) atoms. The highest BCUT2D eigenvalue weighted by Crippen LogP contribution is 2.08. The molecule has 4 nitrogen and oxygen atoms in total. The highest BCUT2D eigenvalue weighted by molar-refractivity contribution is 5.77. The van der Waals surface area contributed by atoms with Gasteiger partial charge in [-0.05, 0) is 17.5 Å². The number of nitrogens with two attached hydrogens (primary N) is 1. The van der Waals surface area contributed by atoms with Gasteiger partial charge in [0.2, 0.25) is 5.91 Å². The molecule has 1 rings (SSSR count). The number of rotatable bonds is 7. The first-order valence-electron chi connectivity index (χ1n) is 5.89. The van der Waals surface area contributed by atoms with Gasteiger partial charge in [0, 0.05) is 13.1 Å². The summed E-state index contributed by atoms with van der Waals surface area (Å²) in [4.78, 5) is 11.4. The van der Waals surface area contributed by atoms with Crippen LogP contribution in [0.2, 0.25) is 0 Å². The Balaban J connectivity index is 2.36. The van der Waals surface area contributed by atoms with Gasteiger partial charge in [0.1, 0.15) is 6.61 Å². The molecule has 0 spiro atoms. The Kier molecular flexibility index (Phi) is 6.29. The molecular weight excluding hydrogens is 216 g/mol. The fraction of sp³-hybridized carbons (Fsp3) is 0.462. The van der Waals surface area contributed by atoms with E-state index in [4.69, 9.17) is 10.5 Å². The van der Waals surface area contributed by atoms with Crippen LogP contribution in [0.4, 0.5) is 0 Å². The van der Waals surface area contributed by atoms with E-state index in [-0.39, 0.29) is 12.5 Å². The molecule has 0 saturated carbocycles. The lowest BCUT2D eigenvalue weighted by Crippen LogP contribution is -2.28. The van der Waals surface area contributed by atoms with E-state index < -0.39 is 0 Å². The number of amides is 1. The van der Waals surface area contributed by atoms with Gasteiger partial charge in [-0.25, -0.2) is 0 Å². The highest BCUT2D eigenvalue weighted by Gasteiger charge is 2.03. The van der Waals surface area contributed by atoms with Crippen LogP contribution in [0.25, 0.3) is 0 Å². The van der Waals surface area contributed by atoms with Crippen LogP contribution in [-0.2, 0) is 22.5 Å². The third-order valence-corrected chi connectivity index (χ3v) is 2.47. The molecular formula is C13H20N2O2. The molecule has 94 valence electrons. The van der Waals surface area contributed by atoms with Gasteiger partial charge in [0.05, 0.1) is 6.61 Å². The van der Waals surface area contributed by atoms with Crippen molar-refractivity contribution in [1.29, 1.82) is 0 Å². The number of nitrogens with one attached hydrogen (secondary N) is 1. The Labute approximate surface area is 102 Å². The van der Waals surface area contributed by atoms with Crippen molar-refractivity contribution in [1.82, 2.24) is 5.32 Å². The SMILES string of the molecule is CCc1ccccc1CNC(=O)COCCN. The molecule has 1 aromatic rings. The molecule has 0 atom stereocenters. The van der Waals surface area contributed by atoms with Gasteiger partial charge in [-0.3, -0.25) is 4.79 Å². The summed E-state index contributed by atoms with van der Waals surface area (Å²) < 4.78 is 5.05. The van der Waals surface area contributed by atoms with Crippen molar-refractivity contribution in [2.45, 2.75) is 19.9 Å². The summed E-state index contributed by atoms with van der Waals surface area (Å²) >= 11 is 0. The number of hydrogen-bond acceptors (Lipinski definition) is 3. The van der Waals surface area contributed by atoms with Crippen molar-refractivity contribution in [3.8, 4) is 0 Å². The van der Waals surface area contributed by atoms with Gasteiger partial charge >= 0.3 is 0 Å². The van der Waals surface area contributed by atoms with E-state index in [1.54, 1.807) is 0 Å². The normalized spacial score (nSPS) is 10.2. The number of ether oxygens (including phenoxy) is 1. The van der Waals surface area contributed by atoms with E-state index in [2.05, 4.69) is 18.3 Å². The second kappa shape index (κ2) is 7.81. The number of benzene rings is 1. The van der Waals surface area contributed by atoms with Crippen LogP contribution in [0.1, 0.15) is 18.1 Å². The molecule has 0 aliphatic carbocycles. The lowest BCUT2D eigenvalue weighted by molar-refractivity contribution is -0.125. The molecule has 1 amide bonds. The Morgan fingerprint density at radius 2 is 2.06 bits per heavy atom. The number of carbonyl (C=O) groups is 1. The van der Waals surface area contributed by atoms with E-state index in [1.165, 1.54) is 5.56 Å². The lowest BCUT2D eigenvalue weighted by atomic mass is 10.1. The third-order valence-electron chi connectivity index (χ3n) is 2.47. The van der Waals surface area contributed by atoms with Crippen LogP contribution in [-0.4, -0.2) is 25.7 Å². The zero-order valence-electron chi connectivity index (χ0n) is 10.2. The molecule has 0 heterocycles. The maximum absolute atomic E-state index is 11.4. The average Bonchev–Trinajstić information content (AvgIpc) is 2.37.